The number of amides is 2. The Balaban J connectivity index is 1.62. The van der Waals surface area contributed by atoms with E-state index in [4.69, 9.17) is 0 Å². The first kappa shape index (κ1) is 24.1. The molecule has 3 aromatic rings. The van der Waals surface area contributed by atoms with Gasteiger partial charge in [0.25, 0.3) is 11.6 Å². The second-order valence-electron chi connectivity index (χ2n) is 8.66. The molecule has 0 saturated carbocycles. The van der Waals surface area contributed by atoms with Gasteiger partial charge < -0.3 is 14.4 Å². The molecule has 9 heteroatoms. The van der Waals surface area contributed by atoms with E-state index in [2.05, 4.69) is 0 Å². The normalized spacial score (nSPS) is 14.9. The van der Waals surface area contributed by atoms with Gasteiger partial charge in [-0.2, -0.15) is 0 Å². The molecule has 35 heavy (non-hydrogen) atoms. The number of nitro groups is 1. The number of nitrogens with zero attached hydrogens (tertiary/aromatic N) is 4. The summed E-state index contributed by atoms with van der Waals surface area (Å²) in [4.78, 5) is 40.8. The lowest BCUT2D eigenvalue weighted by molar-refractivity contribution is -0.385. The predicted molar refractivity (Wildman–Crippen MR) is 128 cm³/mol. The quantitative estimate of drug-likeness (QED) is 0.374. The van der Waals surface area contributed by atoms with Gasteiger partial charge in [-0.25, -0.2) is 4.39 Å². The Morgan fingerprint density at radius 2 is 1.94 bits per heavy atom. The average molecular weight is 479 g/mol. The van der Waals surface area contributed by atoms with Crippen LogP contribution in [0.4, 0.5) is 10.1 Å². The maximum absolute atomic E-state index is 14.1. The van der Waals surface area contributed by atoms with Crippen LogP contribution in [0.3, 0.4) is 0 Å². The van der Waals surface area contributed by atoms with Crippen molar-refractivity contribution >= 4 is 17.5 Å². The average Bonchev–Trinajstić information content (AvgIpc) is 3.31. The number of nitro benzene ring substituents is 1. The molecule has 2 amide bonds. The zero-order valence-electron chi connectivity index (χ0n) is 19.7. The largest absolute Gasteiger partial charge is 0.348 e. The Morgan fingerprint density at radius 1 is 1.14 bits per heavy atom. The molecule has 0 N–H and O–H groups in total. The van der Waals surface area contributed by atoms with Crippen LogP contribution in [0.2, 0.25) is 0 Å². The van der Waals surface area contributed by atoms with E-state index in [0.717, 1.165) is 5.69 Å². The fourth-order valence-corrected chi connectivity index (χ4v) is 4.58. The van der Waals surface area contributed by atoms with Crippen molar-refractivity contribution in [2.75, 3.05) is 19.6 Å². The molecule has 0 aliphatic carbocycles. The highest BCUT2D eigenvalue weighted by Gasteiger charge is 2.33. The van der Waals surface area contributed by atoms with Crippen molar-refractivity contribution in [2.24, 2.45) is 0 Å². The standard InChI is InChI=1S/C26H27FN4O4/c1-3-11-29(26(33)20-10-9-18(2)23(16-20)31(34)35)17-24(32)30-14-13-28-12-5-8-22(28)25(30)19-6-4-7-21(27)15-19/h4-10,12,15-16,25H,3,11,13-14,17H2,1-2H3/t25-/m1/s1. The number of hydrogen-bond donors (Lipinski definition) is 0. The lowest BCUT2D eigenvalue weighted by Crippen LogP contribution is -2.48. The van der Waals surface area contributed by atoms with Crippen molar-refractivity contribution in [2.45, 2.75) is 32.9 Å². The van der Waals surface area contributed by atoms with E-state index >= 15 is 0 Å². The summed E-state index contributed by atoms with van der Waals surface area (Å²) in [7, 11) is 0. The van der Waals surface area contributed by atoms with Crippen LogP contribution in [0, 0.1) is 22.9 Å². The molecule has 2 aromatic carbocycles. The molecule has 0 fully saturated rings. The molecule has 8 nitrogen and oxygen atoms in total. The number of carbonyl (C=O) groups is 2. The van der Waals surface area contributed by atoms with E-state index in [1.165, 1.54) is 29.2 Å². The lowest BCUT2D eigenvalue weighted by Gasteiger charge is -2.38. The predicted octanol–water partition coefficient (Wildman–Crippen LogP) is 4.33. The second kappa shape index (κ2) is 10.1. The van der Waals surface area contributed by atoms with Gasteiger partial charge in [0.2, 0.25) is 5.91 Å². The van der Waals surface area contributed by atoms with E-state index in [9.17, 15) is 24.1 Å². The molecule has 0 radical (unpaired) electrons. The van der Waals surface area contributed by atoms with Crippen molar-refractivity contribution in [1.82, 2.24) is 14.4 Å². The van der Waals surface area contributed by atoms with Gasteiger partial charge in [0, 0.05) is 48.7 Å². The molecule has 2 heterocycles. The van der Waals surface area contributed by atoms with Crippen LogP contribution in [-0.4, -0.2) is 50.7 Å². The summed E-state index contributed by atoms with van der Waals surface area (Å²) >= 11 is 0. The molecule has 1 aromatic heterocycles. The van der Waals surface area contributed by atoms with Gasteiger partial charge >= 0.3 is 0 Å². The smallest absolute Gasteiger partial charge is 0.273 e. The number of carbonyl (C=O) groups excluding carboxylic acids is 2. The molecule has 0 bridgehead atoms. The summed E-state index contributed by atoms with van der Waals surface area (Å²) < 4.78 is 16.1. The van der Waals surface area contributed by atoms with Gasteiger partial charge in [-0.15, -0.1) is 0 Å². The highest BCUT2D eigenvalue weighted by molar-refractivity contribution is 5.97. The van der Waals surface area contributed by atoms with E-state index < -0.39 is 16.9 Å². The molecule has 1 aliphatic rings. The third-order valence-electron chi connectivity index (χ3n) is 6.28. The van der Waals surface area contributed by atoms with Crippen LogP contribution < -0.4 is 0 Å². The van der Waals surface area contributed by atoms with Crippen molar-refractivity contribution in [1.29, 1.82) is 0 Å². The Kier molecular flexibility index (Phi) is 6.95. The van der Waals surface area contributed by atoms with Gasteiger partial charge in [-0.1, -0.05) is 25.1 Å². The van der Waals surface area contributed by atoms with E-state index in [-0.39, 0.29) is 29.5 Å². The number of aryl methyl sites for hydroxylation is 1. The first-order valence-corrected chi connectivity index (χ1v) is 11.5. The SMILES string of the molecule is CCCN(CC(=O)N1CCn2cccc2[C@H]1c1cccc(F)c1)C(=O)c1ccc(C)c([N+](=O)[O-])c1. The fourth-order valence-electron chi connectivity index (χ4n) is 4.58. The Bertz CT molecular complexity index is 1270. The molecule has 0 spiro atoms. The molecule has 0 unspecified atom stereocenters. The van der Waals surface area contributed by atoms with Crippen molar-refractivity contribution in [3.8, 4) is 0 Å². The topological polar surface area (TPSA) is 88.7 Å². The molecule has 1 aliphatic heterocycles. The van der Waals surface area contributed by atoms with Crippen LogP contribution in [0.25, 0.3) is 0 Å². The van der Waals surface area contributed by atoms with Gasteiger partial charge in [-0.3, -0.25) is 19.7 Å². The number of aromatic nitrogens is 1. The molecule has 0 saturated heterocycles. The van der Waals surface area contributed by atoms with Crippen LogP contribution in [0.5, 0.6) is 0 Å². The molecular weight excluding hydrogens is 451 g/mol. The van der Waals surface area contributed by atoms with Crippen molar-refractivity contribution in [3.05, 3.63) is 99.1 Å². The monoisotopic (exact) mass is 478 g/mol. The minimum Gasteiger partial charge on any atom is -0.348 e. The highest BCUT2D eigenvalue weighted by Crippen LogP contribution is 2.33. The maximum atomic E-state index is 14.1. The van der Waals surface area contributed by atoms with Gasteiger partial charge in [0.05, 0.1) is 11.0 Å². The van der Waals surface area contributed by atoms with Crippen LogP contribution in [-0.2, 0) is 11.3 Å². The van der Waals surface area contributed by atoms with Crippen molar-refractivity contribution in [3.63, 3.8) is 0 Å². The zero-order chi connectivity index (χ0) is 25.1. The van der Waals surface area contributed by atoms with Crippen molar-refractivity contribution < 1.29 is 18.9 Å². The first-order valence-electron chi connectivity index (χ1n) is 11.5. The highest BCUT2D eigenvalue weighted by atomic mass is 19.1. The summed E-state index contributed by atoms with van der Waals surface area (Å²) in [5.41, 5.74) is 2.01. The van der Waals surface area contributed by atoms with E-state index in [1.807, 2.05) is 29.8 Å². The van der Waals surface area contributed by atoms with Gasteiger partial charge in [0.1, 0.15) is 12.4 Å². The van der Waals surface area contributed by atoms with Crippen LogP contribution in [0.1, 0.15) is 46.6 Å². The molecule has 182 valence electrons. The summed E-state index contributed by atoms with van der Waals surface area (Å²) in [6.07, 6.45) is 2.55. The van der Waals surface area contributed by atoms with Crippen LogP contribution in [0.15, 0.2) is 60.8 Å². The fraction of sp³-hybridized carbons (Fsp3) is 0.308. The Labute approximate surface area is 202 Å². The molecule has 1 atom stereocenters. The van der Waals surface area contributed by atoms with E-state index in [1.54, 1.807) is 30.0 Å². The third kappa shape index (κ3) is 4.94. The number of hydrogen-bond acceptors (Lipinski definition) is 4. The third-order valence-corrected chi connectivity index (χ3v) is 6.28. The molecular formula is C26H27FN4O4. The summed E-state index contributed by atoms with van der Waals surface area (Å²) in [6.45, 7) is 4.64. The lowest BCUT2D eigenvalue weighted by atomic mass is 9.99. The zero-order valence-corrected chi connectivity index (χ0v) is 19.7. The summed E-state index contributed by atoms with van der Waals surface area (Å²) in [6, 6.07) is 13.9. The number of halogens is 1. The number of rotatable bonds is 7. The van der Waals surface area contributed by atoms with E-state index in [0.29, 0.717) is 37.2 Å². The minimum absolute atomic E-state index is 0.137. The van der Waals surface area contributed by atoms with Gasteiger partial charge in [0.15, 0.2) is 0 Å². The number of fused-ring (bicyclic) bond motifs is 1. The molecule has 4 rings (SSSR count). The van der Waals surface area contributed by atoms with Crippen LogP contribution >= 0.6 is 0 Å². The van der Waals surface area contributed by atoms with Gasteiger partial charge in [-0.05, 0) is 49.2 Å². The minimum atomic E-state index is -0.520. The second-order valence-corrected chi connectivity index (χ2v) is 8.66. The summed E-state index contributed by atoms with van der Waals surface area (Å²) in [5.74, 6) is -1.09. The summed E-state index contributed by atoms with van der Waals surface area (Å²) in [5, 5.41) is 11.3. The Hall–Kier alpha value is -4.01. The Morgan fingerprint density at radius 3 is 2.66 bits per heavy atom. The first-order chi connectivity index (χ1) is 16.8. The number of benzene rings is 2. The maximum Gasteiger partial charge on any atom is 0.273 e.